The third-order valence-electron chi connectivity index (χ3n) is 7.99. The molecule has 0 fully saturated rings. The van der Waals surface area contributed by atoms with E-state index in [0.717, 1.165) is 11.6 Å². The number of rotatable bonds is 12. The van der Waals surface area contributed by atoms with Crippen LogP contribution in [0.25, 0.3) is 0 Å². The van der Waals surface area contributed by atoms with E-state index >= 15 is 0 Å². The lowest BCUT2D eigenvalue weighted by atomic mass is 9.76. The van der Waals surface area contributed by atoms with Gasteiger partial charge in [0.15, 0.2) is 0 Å². The highest BCUT2D eigenvalue weighted by Crippen LogP contribution is 2.30. The van der Waals surface area contributed by atoms with Crippen molar-refractivity contribution >= 4 is 27.7 Å². The number of allylic oxidation sites excluding steroid dienone is 1. The van der Waals surface area contributed by atoms with Gasteiger partial charge in [-0.2, -0.15) is 0 Å². The molecule has 46 heavy (non-hydrogen) atoms. The van der Waals surface area contributed by atoms with Crippen molar-refractivity contribution in [1.82, 2.24) is 20.3 Å². The number of amides is 3. The van der Waals surface area contributed by atoms with Crippen molar-refractivity contribution in [3.8, 4) is 0 Å². The molecule has 0 aliphatic rings. The van der Waals surface area contributed by atoms with Crippen LogP contribution in [0.5, 0.6) is 0 Å². The van der Waals surface area contributed by atoms with E-state index in [0.29, 0.717) is 5.70 Å². The molecule has 1 unspecified atom stereocenters. The number of hydrogen-bond acceptors (Lipinski definition) is 6. The van der Waals surface area contributed by atoms with Gasteiger partial charge in [0.05, 0.1) is 16.9 Å². The number of carbonyl (C=O) groups excluding carboxylic acids is 3. The maximum absolute atomic E-state index is 14.1. The molecule has 2 rings (SSSR count). The smallest absolute Gasteiger partial charge is 0.264 e. The van der Waals surface area contributed by atoms with Crippen LogP contribution in [-0.2, 0) is 29.8 Å². The Morgan fingerprint density at radius 1 is 0.870 bits per heavy atom. The summed E-state index contributed by atoms with van der Waals surface area (Å²) in [5, 5.41) is 5.78. The molecule has 0 aliphatic carbocycles. The molecule has 254 valence electrons. The molecular weight excluding hydrogens is 614 g/mol. The van der Waals surface area contributed by atoms with E-state index in [9.17, 15) is 31.6 Å². The third-order valence-corrected chi connectivity index (χ3v) is 9.35. The molecular formula is C34H48F2N4O5S. The predicted molar refractivity (Wildman–Crippen MR) is 175 cm³/mol. The molecule has 3 amide bonds. The maximum atomic E-state index is 14.1. The van der Waals surface area contributed by atoms with E-state index in [-0.39, 0.29) is 16.4 Å². The number of carbonyl (C=O) groups is 3. The third kappa shape index (κ3) is 9.45. The number of aryl methyl sites for hydroxylation is 1. The molecule has 0 bridgehead atoms. The quantitative estimate of drug-likeness (QED) is 0.300. The van der Waals surface area contributed by atoms with Crippen LogP contribution in [0, 0.1) is 35.8 Å². The number of nitrogens with zero attached hydrogens (tertiary/aromatic N) is 1. The Morgan fingerprint density at radius 2 is 1.39 bits per heavy atom. The molecule has 9 nitrogen and oxygen atoms in total. The Kier molecular flexibility index (Phi) is 12.4. The number of benzene rings is 2. The van der Waals surface area contributed by atoms with Crippen molar-refractivity contribution in [3.63, 3.8) is 0 Å². The fourth-order valence-corrected chi connectivity index (χ4v) is 6.20. The zero-order valence-corrected chi connectivity index (χ0v) is 29.4. The number of nitrogens with one attached hydrogen (secondary N) is 3. The first-order chi connectivity index (χ1) is 21.0. The van der Waals surface area contributed by atoms with Crippen LogP contribution in [0.1, 0.15) is 66.5 Å². The zero-order valence-electron chi connectivity index (χ0n) is 28.6. The normalized spacial score (nSPS) is 14.8. The molecule has 0 heterocycles. The lowest BCUT2D eigenvalue weighted by molar-refractivity contribution is -0.138. The second-order valence-corrected chi connectivity index (χ2v) is 15.3. The van der Waals surface area contributed by atoms with E-state index in [1.807, 2.05) is 20.8 Å². The van der Waals surface area contributed by atoms with E-state index in [1.54, 1.807) is 53.8 Å². The van der Waals surface area contributed by atoms with Crippen LogP contribution >= 0.6 is 0 Å². The van der Waals surface area contributed by atoms with Gasteiger partial charge in [-0.15, -0.1) is 0 Å². The Bertz CT molecular complexity index is 1540. The Balaban J connectivity index is 2.36. The van der Waals surface area contributed by atoms with E-state index in [4.69, 9.17) is 0 Å². The van der Waals surface area contributed by atoms with Gasteiger partial charge in [-0.05, 0) is 62.1 Å². The predicted octanol–water partition coefficient (Wildman–Crippen LogP) is 4.81. The van der Waals surface area contributed by atoms with Crippen LogP contribution in [0.3, 0.4) is 0 Å². The van der Waals surface area contributed by atoms with Crippen molar-refractivity contribution in [1.29, 1.82) is 0 Å². The van der Waals surface area contributed by atoms with Gasteiger partial charge in [-0.25, -0.2) is 21.9 Å². The zero-order chi connectivity index (χ0) is 35.4. The molecule has 3 atom stereocenters. The van der Waals surface area contributed by atoms with E-state index in [2.05, 4.69) is 15.4 Å². The molecule has 12 heteroatoms. The first-order valence-corrected chi connectivity index (χ1v) is 16.6. The summed E-state index contributed by atoms with van der Waals surface area (Å²) in [5.74, 6) is -4.53. The SMILES string of the molecule is CN[C@H](C(=O)N[C@H](C(=O)N(C)/C(=C/C(C)C(=O)NS(=O)(=O)c1ccc(C)cc1)C(C)C)C(C)(C)C)C(C)(C)c1cc(F)cc(F)c1. The summed E-state index contributed by atoms with van der Waals surface area (Å²) in [4.78, 5) is 42.1. The molecule has 0 radical (unpaired) electrons. The molecule has 0 aromatic heterocycles. The highest BCUT2D eigenvalue weighted by Gasteiger charge is 2.41. The van der Waals surface area contributed by atoms with Crippen molar-refractivity contribution in [3.05, 3.63) is 77.0 Å². The summed E-state index contributed by atoms with van der Waals surface area (Å²) in [6.45, 7) is 15.7. The average Bonchev–Trinajstić information content (AvgIpc) is 2.92. The van der Waals surface area contributed by atoms with Gasteiger partial charge in [0.2, 0.25) is 17.7 Å². The van der Waals surface area contributed by atoms with Gasteiger partial charge in [0.25, 0.3) is 10.0 Å². The van der Waals surface area contributed by atoms with E-state index in [1.165, 1.54) is 49.2 Å². The summed E-state index contributed by atoms with van der Waals surface area (Å²) < 4.78 is 55.8. The summed E-state index contributed by atoms with van der Waals surface area (Å²) in [6, 6.07) is 7.16. The molecule has 0 saturated carbocycles. The maximum Gasteiger partial charge on any atom is 0.264 e. The molecule has 0 spiro atoms. The number of likely N-dealkylation sites (N-methyl/N-ethyl adjacent to an activating group) is 2. The van der Waals surface area contributed by atoms with Gasteiger partial charge in [0.1, 0.15) is 17.7 Å². The second kappa shape index (κ2) is 14.8. The Hall–Kier alpha value is -3.64. The monoisotopic (exact) mass is 662 g/mol. The molecule has 0 saturated heterocycles. The van der Waals surface area contributed by atoms with Gasteiger partial charge in [-0.1, -0.05) is 72.2 Å². The number of hydrogen-bond donors (Lipinski definition) is 3. The largest absolute Gasteiger partial charge is 0.342 e. The summed E-state index contributed by atoms with van der Waals surface area (Å²) >= 11 is 0. The first-order valence-electron chi connectivity index (χ1n) is 15.1. The lowest BCUT2D eigenvalue weighted by Gasteiger charge is -2.39. The first kappa shape index (κ1) is 38.5. The minimum atomic E-state index is -4.11. The van der Waals surface area contributed by atoms with Gasteiger partial charge in [-0.3, -0.25) is 14.4 Å². The summed E-state index contributed by atoms with van der Waals surface area (Å²) in [7, 11) is -1.03. The Morgan fingerprint density at radius 3 is 1.85 bits per heavy atom. The van der Waals surface area contributed by atoms with Crippen LogP contribution < -0.4 is 15.4 Å². The fraction of sp³-hybridized carbons (Fsp3) is 0.500. The number of halogens is 2. The average molecular weight is 663 g/mol. The van der Waals surface area contributed by atoms with Gasteiger partial charge < -0.3 is 15.5 Å². The van der Waals surface area contributed by atoms with Crippen molar-refractivity contribution < 1.29 is 31.6 Å². The minimum absolute atomic E-state index is 0.0478. The standard InChI is InChI=1S/C34H48F2N4O5S/c1-20(2)27(16-22(4)30(41)39-46(44,45)26-14-12-21(3)13-15-26)40(11)32(43)29(33(5,6)7)38-31(42)28(37-10)34(8,9)23-17-24(35)19-25(36)18-23/h12-20,22,28-29,37H,1-11H3,(H,38,42)(H,39,41)/b27-16+/t22?,28-,29-/m1/s1. The Labute approximate surface area is 272 Å². The van der Waals surface area contributed by atoms with Crippen molar-refractivity contribution in [2.75, 3.05) is 14.1 Å². The lowest BCUT2D eigenvalue weighted by Crippen LogP contribution is -2.60. The van der Waals surface area contributed by atoms with Crippen LogP contribution in [-0.4, -0.2) is 57.2 Å². The van der Waals surface area contributed by atoms with Crippen LogP contribution in [0.2, 0.25) is 0 Å². The number of sulfonamides is 1. The topological polar surface area (TPSA) is 125 Å². The van der Waals surface area contributed by atoms with Gasteiger partial charge >= 0.3 is 0 Å². The summed E-state index contributed by atoms with van der Waals surface area (Å²) in [5.41, 5.74) is -0.278. The molecule has 2 aromatic rings. The fourth-order valence-electron chi connectivity index (χ4n) is 5.13. The minimum Gasteiger partial charge on any atom is -0.342 e. The van der Waals surface area contributed by atoms with Crippen molar-refractivity contribution in [2.45, 2.75) is 84.7 Å². The summed E-state index contributed by atoms with van der Waals surface area (Å²) in [6.07, 6.45) is 1.53. The molecule has 0 aliphatic heterocycles. The highest BCUT2D eigenvalue weighted by molar-refractivity contribution is 7.90. The van der Waals surface area contributed by atoms with Crippen LogP contribution in [0.4, 0.5) is 8.78 Å². The molecule has 2 aromatic carbocycles. The van der Waals surface area contributed by atoms with Gasteiger partial charge in [0, 0.05) is 24.2 Å². The van der Waals surface area contributed by atoms with Crippen LogP contribution in [0.15, 0.2) is 59.1 Å². The molecule has 3 N–H and O–H groups in total. The van der Waals surface area contributed by atoms with E-state index < -0.39 is 68.2 Å². The highest BCUT2D eigenvalue weighted by atomic mass is 32.2. The van der Waals surface area contributed by atoms with Crippen molar-refractivity contribution in [2.24, 2.45) is 17.3 Å². The second-order valence-electron chi connectivity index (χ2n) is 13.6.